The summed E-state index contributed by atoms with van der Waals surface area (Å²) in [4.78, 5) is 2.59. The van der Waals surface area contributed by atoms with Crippen molar-refractivity contribution in [2.24, 2.45) is 13.0 Å². The number of rotatable bonds is 6. The quantitative estimate of drug-likeness (QED) is 0.866. The summed E-state index contributed by atoms with van der Waals surface area (Å²) in [5.41, 5.74) is 2.53. The predicted octanol–water partition coefficient (Wildman–Crippen LogP) is 2.19. The molecule has 1 aromatic heterocycles. The van der Waals surface area contributed by atoms with Gasteiger partial charge in [0.2, 0.25) is 0 Å². The third kappa shape index (κ3) is 4.06. The van der Waals surface area contributed by atoms with Crippen LogP contribution in [-0.4, -0.2) is 40.4 Å². The summed E-state index contributed by atoms with van der Waals surface area (Å²) in [6.45, 7) is 11.3. The first-order valence-electron chi connectivity index (χ1n) is 8.06. The average Bonchev–Trinajstić information content (AvgIpc) is 2.80. The van der Waals surface area contributed by atoms with Crippen LogP contribution in [0.25, 0.3) is 0 Å². The molecule has 0 aliphatic carbocycles. The Labute approximate surface area is 123 Å². The molecule has 0 spiro atoms. The van der Waals surface area contributed by atoms with E-state index >= 15 is 0 Å². The van der Waals surface area contributed by atoms with Gasteiger partial charge < -0.3 is 5.32 Å². The second-order valence-electron chi connectivity index (χ2n) is 6.34. The van der Waals surface area contributed by atoms with Gasteiger partial charge in [-0.2, -0.15) is 5.10 Å². The SMILES string of the molecule is CCc1cc(CN(CC2CCCNC2)C(C)C)n(C)n1. The second-order valence-corrected chi connectivity index (χ2v) is 6.34. The lowest BCUT2D eigenvalue weighted by Crippen LogP contribution is -2.41. The van der Waals surface area contributed by atoms with Crippen molar-refractivity contribution in [3.63, 3.8) is 0 Å². The van der Waals surface area contributed by atoms with E-state index in [4.69, 9.17) is 0 Å². The van der Waals surface area contributed by atoms with Crippen LogP contribution in [0.2, 0.25) is 0 Å². The van der Waals surface area contributed by atoms with Crippen LogP contribution in [0, 0.1) is 5.92 Å². The molecule has 1 unspecified atom stereocenters. The van der Waals surface area contributed by atoms with Crippen molar-refractivity contribution >= 4 is 0 Å². The summed E-state index contributed by atoms with van der Waals surface area (Å²) < 4.78 is 2.05. The minimum absolute atomic E-state index is 0.580. The molecular formula is C16H30N4. The van der Waals surface area contributed by atoms with Crippen LogP contribution >= 0.6 is 0 Å². The maximum atomic E-state index is 4.57. The normalized spacial score (nSPS) is 20.0. The van der Waals surface area contributed by atoms with Gasteiger partial charge in [-0.1, -0.05) is 6.92 Å². The Morgan fingerprint density at radius 1 is 1.50 bits per heavy atom. The molecule has 1 aliphatic rings. The Morgan fingerprint density at radius 3 is 2.85 bits per heavy atom. The molecule has 1 aromatic rings. The van der Waals surface area contributed by atoms with Crippen LogP contribution in [0.3, 0.4) is 0 Å². The standard InChI is InChI=1S/C16H30N4/c1-5-15-9-16(19(4)18-15)12-20(13(2)3)11-14-7-6-8-17-10-14/h9,13-14,17H,5-8,10-12H2,1-4H3. The maximum Gasteiger partial charge on any atom is 0.0625 e. The van der Waals surface area contributed by atoms with Crippen molar-refractivity contribution < 1.29 is 0 Å². The summed E-state index contributed by atoms with van der Waals surface area (Å²) in [5, 5.41) is 8.09. The molecule has 1 aliphatic heterocycles. The largest absolute Gasteiger partial charge is 0.316 e. The molecule has 4 heteroatoms. The van der Waals surface area contributed by atoms with Gasteiger partial charge in [-0.3, -0.25) is 9.58 Å². The smallest absolute Gasteiger partial charge is 0.0625 e. The van der Waals surface area contributed by atoms with Crippen LogP contribution < -0.4 is 5.32 Å². The number of nitrogens with zero attached hydrogens (tertiary/aromatic N) is 3. The number of aryl methyl sites for hydroxylation is 2. The van der Waals surface area contributed by atoms with E-state index in [2.05, 4.69) is 49.2 Å². The molecule has 0 saturated carbocycles. The van der Waals surface area contributed by atoms with E-state index in [9.17, 15) is 0 Å². The van der Waals surface area contributed by atoms with Crippen LogP contribution in [0.1, 0.15) is 45.0 Å². The zero-order valence-corrected chi connectivity index (χ0v) is 13.5. The van der Waals surface area contributed by atoms with E-state index in [0.29, 0.717) is 6.04 Å². The van der Waals surface area contributed by atoms with Gasteiger partial charge in [0, 0.05) is 26.2 Å². The summed E-state index contributed by atoms with van der Waals surface area (Å²) in [6.07, 6.45) is 3.70. The molecule has 0 radical (unpaired) electrons. The third-order valence-corrected chi connectivity index (χ3v) is 4.38. The van der Waals surface area contributed by atoms with E-state index in [1.807, 2.05) is 4.68 Å². The van der Waals surface area contributed by atoms with Crippen LogP contribution in [0.5, 0.6) is 0 Å². The van der Waals surface area contributed by atoms with Crippen molar-refractivity contribution in [2.45, 2.75) is 52.6 Å². The van der Waals surface area contributed by atoms with E-state index in [1.54, 1.807) is 0 Å². The number of hydrogen-bond acceptors (Lipinski definition) is 3. The van der Waals surface area contributed by atoms with Crippen molar-refractivity contribution in [1.82, 2.24) is 20.0 Å². The van der Waals surface area contributed by atoms with E-state index in [1.165, 1.54) is 43.9 Å². The third-order valence-electron chi connectivity index (χ3n) is 4.38. The van der Waals surface area contributed by atoms with Crippen LogP contribution in [-0.2, 0) is 20.0 Å². The fourth-order valence-electron chi connectivity index (χ4n) is 2.97. The molecule has 1 atom stereocenters. The molecule has 1 fully saturated rings. The van der Waals surface area contributed by atoms with Crippen molar-refractivity contribution in [3.05, 3.63) is 17.5 Å². The van der Waals surface area contributed by atoms with Gasteiger partial charge in [-0.05, 0) is 58.2 Å². The molecule has 0 aromatic carbocycles. The van der Waals surface area contributed by atoms with Gasteiger partial charge in [0.25, 0.3) is 0 Å². The van der Waals surface area contributed by atoms with Gasteiger partial charge in [-0.25, -0.2) is 0 Å². The highest BCUT2D eigenvalue weighted by Crippen LogP contribution is 2.16. The summed E-state index contributed by atoms with van der Waals surface area (Å²) in [5.74, 6) is 0.796. The van der Waals surface area contributed by atoms with Gasteiger partial charge in [-0.15, -0.1) is 0 Å². The van der Waals surface area contributed by atoms with Gasteiger partial charge >= 0.3 is 0 Å². The first kappa shape index (κ1) is 15.5. The first-order chi connectivity index (χ1) is 9.60. The fraction of sp³-hybridized carbons (Fsp3) is 0.812. The fourth-order valence-corrected chi connectivity index (χ4v) is 2.97. The summed E-state index contributed by atoms with van der Waals surface area (Å²) >= 11 is 0. The average molecular weight is 278 g/mol. The minimum Gasteiger partial charge on any atom is -0.316 e. The van der Waals surface area contributed by atoms with Crippen molar-refractivity contribution in [3.8, 4) is 0 Å². The molecule has 20 heavy (non-hydrogen) atoms. The summed E-state index contributed by atoms with van der Waals surface area (Å²) in [6, 6.07) is 2.84. The molecule has 0 bridgehead atoms. The molecule has 114 valence electrons. The Bertz CT molecular complexity index is 405. The monoisotopic (exact) mass is 278 g/mol. The zero-order valence-electron chi connectivity index (χ0n) is 13.5. The van der Waals surface area contributed by atoms with Crippen molar-refractivity contribution in [1.29, 1.82) is 0 Å². The highest BCUT2D eigenvalue weighted by molar-refractivity contribution is 5.10. The Morgan fingerprint density at radius 2 is 2.30 bits per heavy atom. The predicted molar refractivity (Wildman–Crippen MR) is 83.7 cm³/mol. The number of aromatic nitrogens is 2. The lowest BCUT2D eigenvalue weighted by molar-refractivity contribution is 0.160. The van der Waals surface area contributed by atoms with E-state index in [0.717, 1.165) is 18.9 Å². The second kappa shape index (κ2) is 7.23. The highest BCUT2D eigenvalue weighted by atomic mass is 15.3. The lowest BCUT2D eigenvalue weighted by Gasteiger charge is -2.32. The van der Waals surface area contributed by atoms with Gasteiger partial charge in [0.15, 0.2) is 0 Å². The van der Waals surface area contributed by atoms with Gasteiger partial charge in [0.1, 0.15) is 0 Å². The number of hydrogen-bond donors (Lipinski definition) is 1. The summed E-state index contributed by atoms with van der Waals surface area (Å²) in [7, 11) is 2.06. The van der Waals surface area contributed by atoms with Crippen molar-refractivity contribution in [2.75, 3.05) is 19.6 Å². The molecule has 2 rings (SSSR count). The number of nitrogens with one attached hydrogen (secondary N) is 1. The number of piperidine rings is 1. The maximum absolute atomic E-state index is 4.57. The highest BCUT2D eigenvalue weighted by Gasteiger charge is 2.20. The molecule has 0 amide bonds. The lowest BCUT2D eigenvalue weighted by atomic mass is 9.98. The Balaban J connectivity index is 1.98. The first-order valence-corrected chi connectivity index (χ1v) is 8.06. The van der Waals surface area contributed by atoms with E-state index in [-0.39, 0.29) is 0 Å². The molecule has 1 N–H and O–H groups in total. The molecule has 1 saturated heterocycles. The molecule has 4 nitrogen and oxygen atoms in total. The topological polar surface area (TPSA) is 33.1 Å². The minimum atomic E-state index is 0.580. The van der Waals surface area contributed by atoms with Gasteiger partial charge in [0.05, 0.1) is 11.4 Å². The molecular weight excluding hydrogens is 248 g/mol. The van der Waals surface area contributed by atoms with Crippen LogP contribution in [0.15, 0.2) is 6.07 Å². The Hall–Kier alpha value is -0.870. The van der Waals surface area contributed by atoms with Crippen LogP contribution in [0.4, 0.5) is 0 Å². The Kier molecular flexibility index (Phi) is 5.61. The molecule has 2 heterocycles. The zero-order chi connectivity index (χ0) is 14.5. The van der Waals surface area contributed by atoms with E-state index < -0.39 is 0 Å².